The van der Waals surface area contributed by atoms with Crippen molar-refractivity contribution in [3.8, 4) is 5.75 Å². The highest BCUT2D eigenvalue weighted by Gasteiger charge is 2.23. The van der Waals surface area contributed by atoms with E-state index >= 15 is 0 Å². The van der Waals surface area contributed by atoms with Crippen LogP contribution in [-0.2, 0) is 16.0 Å². The van der Waals surface area contributed by atoms with Crippen LogP contribution in [0.1, 0.15) is 34.0 Å². The Balaban J connectivity index is 2.21. The van der Waals surface area contributed by atoms with Crippen molar-refractivity contribution >= 4 is 11.9 Å². The molecular formula is C20H23NO4. The topological polar surface area (TPSA) is 75.6 Å². The SMILES string of the molecule is CCOC(=O)[C@H](Cc1cc(C)c(O)c(C)c1)NC(=O)c1ccccc1. The first kappa shape index (κ1) is 18.5. The molecule has 0 saturated heterocycles. The van der Waals surface area contributed by atoms with Crippen LogP contribution >= 0.6 is 0 Å². The number of rotatable bonds is 6. The average Bonchev–Trinajstić information content (AvgIpc) is 2.60. The van der Waals surface area contributed by atoms with Gasteiger partial charge in [0.15, 0.2) is 0 Å². The Morgan fingerprint density at radius 1 is 1.12 bits per heavy atom. The van der Waals surface area contributed by atoms with E-state index in [2.05, 4.69) is 5.32 Å². The zero-order valence-corrected chi connectivity index (χ0v) is 14.7. The second-order valence-corrected chi connectivity index (χ2v) is 5.93. The van der Waals surface area contributed by atoms with E-state index in [1.54, 1.807) is 45.0 Å². The molecule has 0 aromatic heterocycles. The highest BCUT2D eigenvalue weighted by atomic mass is 16.5. The first-order valence-electron chi connectivity index (χ1n) is 8.24. The van der Waals surface area contributed by atoms with Gasteiger partial charge in [-0.3, -0.25) is 4.79 Å². The summed E-state index contributed by atoms with van der Waals surface area (Å²) in [6.45, 7) is 5.56. The normalized spacial score (nSPS) is 11.6. The maximum absolute atomic E-state index is 12.4. The number of phenolic OH excluding ortho intramolecular Hbond substituents is 1. The van der Waals surface area contributed by atoms with E-state index in [0.717, 1.165) is 16.7 Å². The number of carbonyl (C=O) groups is 2. The van der Waals surface area contributed by atoms with Gasteiger partial charge >= 0.3 is 5.97 Å². The smallest absolute Gasteiger partial charge is 0.328 e. The summed E-state index contributed by atoms with van der Waals surface area (Å²) < 4.78 is 5.09. The first-order valence-corrected chi connectivity index (χ1v) is 8.24. The van der Waals surface area contributed by atoms with Gasteiger partial charge in [-0.1, -0.05) is 30.3 Å². The monoisotopic (exact) mass is 341 g/mol. The molecule has 0 aliphatic heterocycles. The van der Waals surface area contributed by atoms with E-state index < -0.39 is 12.0 Å². The van der Waals surface area contributed by atoms with E-state index in [0.29, 0.717) is 12.0 Å². The third-order valence-electron chi connectivity index (χ3n) is 3.90. The Kier molecular flexibility index (Phi) is 6.17. The molecule has 2 rings (SSSR count). The number of phenols is 1. The highest BCUT2D eigenvalue weighted by molar-refractivity contribution is 5.96. The number of carbonyl (C=O) groups excluding carboxylic acids is 2. The molecule has 0 aliphatic rings. The summed E-state index contributed by atoms with van der Waals surface area (Å²) in [4.78, 5) is 24.6. The van der Waals surface area contributed by atoms with Crippen molar-refractivity contribution in [2.75, 3.05) is 6.61 Å². The molecule has 2 aromatic rings. The average molecular weight is 341 g/mol. The van der Waals surface area contributed by atoms with Gasteiger partial charge in [0, 0.05) is 12.0 Å². The molecule has 5 heteroatoms. The molecule has 0 bridgehead atoms. The molecule has 0 radical (unpaired) electrons. The number of aryl methyl sites for hydroxylation is 2. The van der Waals surface area contributed by atoms with Crippen LogP contribution in [0, 0.1) is 13.8 Å². The molecule has 1 atom stereocenters. The number of benzene rings is 2. The minimum Gasteiger partial charge on any atom is -0.507 e. The number of hydrogen-bond acceptors (Lipinski definition) is 4. The lowest BCUT2D eigenvalue weighted by Gasteiger charge is -2.18. The quantitative estimate of drug-likeness (QED) is 0.792. The van der Waals surface area contributed by atoms with Crippen LogP contribution in [0.15, 0.2) is 42.5 Å². The molecule has 0 fully saturated rings. The lowest BCUT2D eigenvalue weighted by atomic mass is 10.00. The van der Waals surface area contributed by atoms with Gasteiger partial charge in [0.25, 0.3) is 5.91 Å². The van der Waals surface area contributed by atoms with Gasteiger partial charge < -0.3 is 15.2 Å². The van der Waals surface area contributed by atoms with Crippen LogP contribution in [0.5, 0.6) is 5.75 Å². The Morgan fingerprint density at radius 3 is 2.28 bits per heavy atom. The minimum absolute atomic E-state index is 0.240. The molecule has 5 nitrogen and oxygen atoms in total. The maximum atomic E-state index is 12.4. The van der Waals surface area contributed by atoms with Crippen molar-refractivity contribution < 1.29 is 19.4 Å². The zero-order chi connectivity index (χ0) is 18.4. The maximum Gasteiger partial charge on any atom is 0.328 e. The van der Waals surface area contributed by atoms with Crippen LogP contribution < -0.4 is 5.32 Å². The van der Waals surface area contributed by atoms with Crippen molar-refractivity contribution in [1.82, 2.24) is 5.32 Å². The number of aromatic hydroxyl groups is 1. The largest absolute Gasteiger partial charge is 0.507 e. The summed E-state index contributed by atoms with van der Waals surface area (Å²) in [5.41, 5.74) is 2.79. The van der Waals surface area contributed by atoms with Crippen LogP contribution in [0.3, 0.4) is 0 Å². The summed E-state index contributed by atoms with van der Waals surface area (Å²) in [5, 5.41) is 12.6. The van der Waals surface area contributed by atoms with Crippen LogP contribution in [0.4, 0.5) is 0 Å². The molecule has 0 saturated carbocycles. The van der Waals surface area contributed by atoms with Crippen LogP contribution in [-0.4, -0.2) is 29.6 Å². The van der Waals surface area contributed by atoms with Crippen LogP contribution in [0.25, 0.3) is 0 Å². The predicted molar refractivity (Wildman–Crippen MR) is 95.6 cm³/mol. The molecular weight excluding hydrogens is 318 g/mol. The Morgan fingerprint density at radius 2 is 1.72 bits per heavy atom. The zero-order valence-electron chi connectivity index (χ0n) is 14.7. The number of esters is 1. The van der Waals surface area contributed by atoms with Gasteiger partial charge in [0.1, 0.15) is 11.8 Å². The first-order chi connectivity index (χ1) is 11.9. The third-order valence-corrected chi connectivity index (χ3v) is 3.90. The molecule has 25 heavy (non-hydrogen) atoms. The Labute approximate surface area is 147 Å². The highest BCUT2D eigenvalue weighted by Crippen LogP contribution is 2.23. The van der Waals surface area contributed by atoms with Crippen molar-refractivity contribution in [2.45, 2.75) is 33.2 Å². The Bertz CT molecular complexity index is 733. The number of nitrogens with one attached hydrogen (secondary N) is 1. The van der Waals surface area contributed by atoms with E-state index in [9.17, 15) is 14.7 Å². The molecule has 0 unspecified atom stereocenters. The fourth-order valence-corrected chi connectivity index (χ4v) is 2.67. The summed E-state index contributed by atoms with van der Waals surface area (Å²) >= 11 is 0. The van der Waals surface area contributed by atoms with Crippen molar-refractivity contribution in [3.05, 3.63) is 64.7 Å². The summed E-state index contributed by atoms with van der Waals surface area (Å²) in [7, 11) is 0. The molecule has 0 heterocycles. The van der Waals surface area contributed by atoms with Gasteiger partial charge in [0.05, 0.1) is 6.61 Å². The van der Waals surface area contributed by atoms with Crippen LogP contribution in [0.2, 0.25) is 0 Å². The van der Waals surface area contributed by atoms with Gasteiger partial charge in [0.2, 0.25) is 0 Å². The second kappa shape index (κ2) is 8.33. The Hall–Kier alpha value is -2.82. The van der Waals surface area contributed by atoms with Gasteiger partial charge in [-0.05, 0) is 49.6 Å². The molecule has 1 amide bonds. The van der Waals surface area contributed by atoms with Crippen molar-refractivity contribution in [3.63, 3.8) is 0 Å². The second-order valence-electron chi connectivity index (χ2n) is 5.93. The number of hydrogen-bond donors (Lipinski definition) is 2. The van der Waals surface area contributed by atoms with Crippen molar-refractivity contribution in [1.29, 1.82) is 0 Å². The van der Waals surface area contributed by atoms with Gasteiger partial charge in [-0.2, -0.15) is 0 Å². The van der Waals surface area contributed by atoms with Crippen molar-refractivity contribution in [2.24, 2.45) is 0 Å². The minimum atomic E-state index is -0.795. The summed E-state index contributed by atoms with van der Waals surface area (Å²) in [6.07, 6.45) is 0.291. The lowest BCUT2D eigenvalue weighted by Crippen LogP contribution is -2.43. The van der Waals surface area contributed by atoms with E-state index in [-0.39, 0.29) is 18.3 Å². The third kappa shape index (κ3) is 4.83. The molecule has 0 aliphatic carbocycles. The fourth-order valence-electron chi connectivity index (χ4n) is 2.67. The molecule has 2 aromatic carbocycles. The molecule has 0 spiro atoms. The summed E-state index contributed by atoms with van der Waals surface area (Å²) in [6, 6.07) is 11.5. The molecule has 132 valence electrons. The van der Waals surface area contributed by atoms with E-state index in [1.807, 2.05) is 18.2 Å². The van der Waals surface area contributed by atoms with E-state index in [1.165, 1.54) is 0 Å². The van der Waals surface area contributed by atoms with Gasteiger partial charge in [-0.15, -0.1) is 0 Å². The lowest BCUT2D eigenvalue weighted by molar-refractivity contribution is -0.145. The number of amides is 1. The van der Waals surface area contributed by atoms with E-state index in [4.69, 9.17) is 4.74 Å². The van der Waals surface area contributed by atoms with Gasteiger partial charge in [-0.25, -0.2) is 4.79 Å². The standard InChI is InChI=1S/C20H23NO4/c1-4-25-20(24)17(21-19(23)16-8-6-5-7-9-16)12-15-10-13(2)18(22)14(3)11-15/h5-11,17,22H,4,12H2,1-3H3,(H,21,23)/t17-/m0/s1. The fraction of sp³-hybridized carbons (Fsp3) is 0.300. The predicted octanol–water partition coefficient (Wildman–Crippen LogP) is 2.91. The number of ether oxygens (including phenoxy) is 1. The summed E-state index contributed by atoms with van der Waals surface area (Å²) in [5.74, 6) is -0.564. The molecule has 2 N–H and O–H groups in total.